The fourth-order valence-electron chi connectivity index (χ4n) is 2.36. The minimum Gasteiger partial charge on any atom is -0.473 e. The SMILES string of the molecule is CCN(CC)CCCN1COc2ccc(Cl)cc2C1=O.O=C(O)C(=O)O. The molecule has 0 radical (unpaired) electrons. The molecule has 1 amide bonds. The number of amides is 1. The highest BCUT2D eigenvalue weighted by Gasteiger charge is 2.25. The van der Waals surface area contributed by atoms with E-state index in [0.717, 1.165) is 26.1 Å². The zero-order valence-electron chi connectivity index (χ0n) is 14.8. The van der Waals surface area contributed by atoms with Crippen molar-refractivity contribution in [2.45, 2.75) is 20.3 Å². The number of carboxylic acids is 2. The van der Waals surface area contributed by atoms with Crippen LogP contribution in [-0.4, -0.2) is 70.8 Å². The van der Waals surface area contributed by atoms with Crippen LogP contribution in [0.2, 0.25) is 5.02 Å². The van der Waals surface area contributed by atoms with E-state index in [4.69, 9.17) is 36.1 Å². The molecule has 0 fully saturated rings. The van der Waals surface area contributed by atoms with E-state index >= 15 is 0 Å². The van der Waals surface area contributed by atoms with Crippen LogP contribution >= 0.6 is 11.6 Å². The summed E-state index contributed by atoms with van der Waals surface area (Å²) in [6.45, 7) is 8.42. The minimum atomic E-state index is -1.82. The second-order valence-corrected chi connectivity index (χ2v) is 5.91. The normalized spacial score (nSPS) is 12.8. The summed E-state index contributed by atoms with van der Waals surface area (Å²) in [5.74, 6) is -3.02. The quantitative estimate of drug-likeness (QED) is 0.720. The van der Waals surface area contributed by atoms with E-state index in [-0.39, 0.29) is 5.91 Å². The van der Waals surface area contributed by atoms with Gasteiger partial charge in [0.05, 0.1) is 5.56 Å². The Labute approximate surface area is 156 Å². The summed E-state index contributed by atoms with van der Waals surface area (Å²) in [5, 5.41) is 15.3. The molecule has 0 aromatic heterocycles. The Morgan fingerprint density at radius 2 is 1.85 bits per heavy atom. The molecular weight excluding hydrogens is 364 g/mol. The van der Waals surface area contributed by atoms with Crippen LogP contribution in [0.5, 0.6) is 5.75 Å². The third kappa shape index (κ3) is 6.53. The lowest BCUT2D eigenvalue weighted by Gasteiger charge is -2.29. The molecule has 8 nitrogen and oxygen atoms in total. The van der Waals surface area contributed by atoms with Gasteiger partial charge in [0.1, 0.15) is 5.75 Å². The molecule has 1 aliphatic rings. The van der Waals surface area contributed by atoms with E-state index in [9.17, 15) is 4.79 Å². The number of carbonyl (C=O) groups excluding carboxylic acids is 1. The molecule has 9 heteroatoms. The fourth-order valence-corrected chi connectivity index (χ4v) is 2.53. The van der Waals surface area contributed by atoms with E-state index in [0.29, 0.717) is 29.6 Å². The Kier molecular flexibility index (Phi) is 8.87. The third-order valence-corrected chi connectivity index (χ3v) is 4.05. The first-order valence-corrected chi connectivity index (χ1v) is 8.58. The van der Waals surface area contributed by atoms with Gasteiger partial charge in [-0.15, -0.1) is 0 Å². The number of carbonyl (C=O) groups is 3. The molecule has 1 aliphatic heterocycles. The van der Waals surface area contributed by atoms with Gasteiger partial charge in [0.25, 0.3) is 5.91 Å². The molecule has 0 bridgehead atoms. The van der Waals surface area contributed by atoms with Crippen molar-refractivity contribution in [3.8, 4) is 5.75 Å². The van der Waals surface area contributed by atoms with Gasteiger partial charge in [-0.3, -0.25) is 4.79 Å². The first kappa shape index (κ1) is 21.7. The molecule has 1 aromatic rings. The van der Waals surface area contributed by atoms with Gasteiger partial charge in [0.15, 0.2) is 6.73 Å². The molecule has 1 heterocycles. The summed E-state index contributed by atoms with van der Waals surface area (Å²) in [6, 6.07) is 5.17. The van der Waals surface area contributed by atoms with Gasteiger partial charge in [-0.2, -0.15) is 0 Å². The van der Waals surface area contributed by atoms with Crippen LogP contribution in [0.3, 0.4) is 0 Å². The van der Waals surface area contributed by atoms with Crippen molar-refractivity contribution < 1.29 is 29.3 Å². The number of rotatable bonds is 6. The number of ether oxygens (including phenoxy) is 1. The zero-order valence-corrected chi connectivity index (χ0v) is 15.5. The maximum Gasteiger partial charge on any atom is 0.414 e. The lowest BCUT2D eigenvalue weighted by molar-refractivity contribution is -0.159. The van der Waals surface area contributed by atoms with Crippen LogP contribution in [0.1, 0.15) is 30.6 Å². The number of halogens is 1. The number of nitrogens with zero attached hydrogens (tertiary/aromatic N) is 2. The van der Waals surface area contributed by atoms with E-state index < -0.39 is 11.9 Å². The zero-order chi connectivity index (χ0) is 19.7. The van der Waals surface area contributed by atoms with Gasteiger partial charge < -0.3 is 24.7 Å². The molecule has 2 rings (SSSR count). The molecule has 0 spiro atoms. The van der Waals surface area contributed by atoms with Crippen LogP contribution in [0, 0.1) is 0 Å². The first-order chi connectivity index (χ1) is 12.3. The van der Waals surface area contributed by atoms with Crippen molar-refractivity contribution in [2.75, 3.05) is 32.9 Å². The Morgan fingerprint density at radius 3 is 2.38 bits per heavy atom. The van der Waals surface area contributed by atoms with E-state index in [1.807, 2.05) is 0 Å². The van der Waals surface area contributed by atoms with Crippen molar-refractivity contribution in [2.24, 2.45) is 0 Å². The second kappa shape index (κ2) is 10.6. The third-order valence-electron chi connectivity index (χ3n) is 3.81. The molecule has 0 aliphatic carbocycles. The summed E-state index contributed by atoms with van der Waals surface area (Å²) in [5.41, 5.74) is 0.562. The fraction of sp³-hybridized carbons (Fsp3) is 0.471. The lowest BCUT2D eigenvalue weighted by atomic mass is 10.1. The van der Waals surface area contributed by atoms with Crippen LogP contribution in [-0.2, 0) is 9.59 Å². The van der Waals surface area contributed by atoms with Gasteiger partial charge in [0.2, 0.25) is 0 Å². The summed E-state index contributed by atoms with van der Waals surface area (Å²) in [7, 11) is 0. The van der Waals surface area contributed by atoms with Crippen molar-refractivity contribution in [1.29, 1.82) is 0 Å². The van der Waals surface area contributed by atoms with Gasteiger partial charge in [-0.05, 0) is 44.3 Å². The summed E-state index contributed by atoms with van der Waals surface area (Å²) >= 11 is 5.94. The Morgan fingerprint density at radius 1 is 1.23 bits per heavy atom. The van der Waals surface area contributed by atoms with Gasteiger partial charge >= 0.3 is 11.9 Å². The number of hydrogen-bond donors (Lipinski definition) is 2. The average molecular weight is 387 g/mol. The number of fused-ring (bicyclic) bond motifs is 1. The summed E-state index contributed by atoms with van der Waals surface area (Å²) < 4.78 is 5.60. The number of benzene rings is 1. The Balaban J connectivity index is 0.000000487. The molecule has 26 heavy (non-hydrogen) atoms. The summed E-state index contributed by atoms with van der Waals surface area (Å²) in [4.78, 5) is 34.6. The largest absolute Gasteiger partial charge is 0.473 e. The van der Waals surface area contributed by atoms with Gasteiger partial charge in [-0.25, -0.2) is 9.59 Å². The monoisotopic (exact) mass is 386 g/mol. The van der Waals surface area contributed by atoms with Crippen molar-refractivity contribution >= 4 is 29.4 Å². The molecule has 0 saturated heterocycles. The molecule has 0 unspecified atom stereocenters. The van der Waals surface area contributed by atoms with Crippen LogP contribution in [0.15, 0.2) is 18.2 Å². The molecule has 1 aromatic carbocycles. The van der Waals surface area contributed by atoms with Gasteiger partial charge in [-0.1, -0.05) is 25.4 Å². The number of carboxylic acid groups (broad SMARTS) is 2. The minimum absolute atomic E-state index is 0.00768. The highest BCUT2D eigenvalue weighted by molar-refractivity contribution is 6.31. The maximum atomic E-state index is 12.4. The maximum absolute atomic E-state index is 12.4. The lowest BCUT2D eigenvalue weighted by Crippen LogP contribution is -2.40. The predicted octanol–water partition coefficient (Wildman–Crippen LogP) is 2.02. The van der Waals surface area contributed by atoms with Crippen LogP contribution in [0.25, 0.3) is 0 Å². The average Bonchev–Trinajstić information content (AvgIpc) is 2.61. The molecular formula is C17H23ClN2O6. The van der Waals surface area contributed by atoms with Gasteiger partial charge in [0, 0.05) is 11.6 Å². The highest BCUT2D eigenvalue weighted by Crippen LogP contribution is 2.27. The van der Waals surface area contributed by atoms with Crippen LogP contribution in [0.4, 0.5) is 0 Å². The van der Waals surface area contributed by atoms with Crippen LogP contribution < -0.4 is 4.74 Å². The first-order valence-electron chi connectivity index (χ1n) is 8.20. The Bertz CT molecular complexity index is 636. The summed E-state index contributed by atoms with van der Waals surface area (Å²) in [6.07, 6.45) is 0.951. The van der Waals surface area contributed by atoms with E-state index in [1.165, 1.54) is 0 Å². The van der Waals surface area contributed by atoms with Crippen molar-refractivity contribution in [1.82, 2.24) is 9.80 Å². The number of aliphatic carboxylic acids is 2. The number of hydrogen-bond acceptors (Lipinski definition) is 5. The molecule has 0 atom stereocenters. The predicted molar refractivity (Wildman–Crippen MR) is 95.7 cm³/mol. The van der Waals surface area contributed by atoms with Crippen molar-refractivity contribution in [3.63, 3.8) is 0 Å². The van der Waals surface area contributed by atoms with Crippen molar-refractivity contribution in [3.05, 3.63) is 28.8 Å². The molecule has 144 valence electrons. The standard InChI is InChI=1S/C15H21ClN2O2.C2H2O4/c1-3-17(4-2)8-5-9-18-11-20-14-7-6-12(16)10-13(14)15(18)19;3-1(4)2(5)6/h6-7,10H,3-5,8-9,11H2,1-2H3;(H,3,4)(H,5,6). The Hall–Kier alpha value is -2.32. The van der Waals surface area contributed by atoms with E-state index in [1.54, 1.807) is 23.1 Å². The highest BCUT2D eigenvalue weighted by atomic mass is 35.5. The smallest absolute Gasteiger partial charge is 0.414 e. The van der Waals surface area contributed by atoms with E-state index in [2.05, 4.69) is 18.7 Å². The molecule has 0 saturated carbocycles. The molecule has 2 N–H and O–H groups in total. The second-order valence-electron chi connectivity index (χ2n) is 5.47. The topological polar surface area (TPSA) is 107 Å².